The Bertz CT molecular complexity index is 177. The first kappa shape index (κ1) is 8.88. The van der Waals surface area contributed by atoms with Crippen LogP contribution in [0.3, 0.4) is 0 Å². The molecule has 0 aliphatic carbocycles. The zero-order valence-corrected chi connectivity index (χ0v) is 6.27. The second-order valence-electron chi connectivity index (χ2n) is 1.46. The van der Waals surface area contributed by atoms with Crippen LogP contribution in [0.2, 0.25) is 0 Å². The van der Waals surface area contributed by atoms with E-state index in [1.54, 1.807) is 5.38 Å². The average Bonchev–Trinajstić information content (AvgIpc) is 2.14. The van der Waals surface area contributed by atoms with Gasteiger partial charge in [-0.2, -0.15) is 4.39 Å². The summed E-state index contributed by atoms with van der Waals surface area (Å²) >= 11 is 1.08. The van der Waals surface area contributed by atoms with E-state index < -0.39 is 0 Å². The molecule has 0 amide bonds. The van der Waals surface area contributed by atoms with Gasteiger partial charge >= 0.3 is 0 Å². The molecule has 0 aliphatic heterocycles. The topological polar surface area (TPSA) is 26.0 Å². The lowest BCUT2D eigenvalue weighted by atomic mass is 10.3. The fourth-order valence-corrected chi connectivity index (χ4v) is 1.10. The third-order valence-electron chi connectivity index (χ3n) is 0.857. The van der Waals surface area contributed by atoms with Crippen LogP contribution in [0.25, 0.3) is 0 Å². The molecule has 1 heterocycles. The molecule has 1 rings (SSSR count). The predicted molar refractivity (Wildman–Crippen MR) is 39.4 cm³/mol. The third kappa shape index (κ3) is 2.30. The fraction of sp³-hybridized carbons (Fsp3) is 0.200. The summed E-state index contributed by atoms with van der Waals surface area (Å²) in [5, 5.41) is 1.56. The normalized spacial score (nSPS) is 8.67. The molecule has 0 bridgehead atoms. The highest BCUT2D eigenvalue weighted by Crippen LogP contribution is 2.10. The van der Waals surface area contributed by atoms with Gasteiger partial charge < -0.3 is 5.73 Å². The smallest absolute Gasteiger partial charge is 0.176 e. The summed E-state index contributed by atoms with van der Waals surface area (Å²) in [5.74, 6) is 0. The first-order chi connectivity index (χ1) is 3.83. The molecule has 0 fully saturated rings. The third-order valence-corrected chi connectivity index (χ3v) is 1.62. The molecular weight excluding hydrogens is 161 g/mol. The Morgan fingerprint density at radius 1 is 1.67 bits per heavy atom. The van der Waals surface area contributed by atoms with Crippen LogP contribution in [-0.4, -0.2) is 0 Å². The van der Waals surface area contributed by atoms with E-state index in [9.17, 15) is 4.39 Å². The minimum Gasteiger partial charge on any atom is -0.326 e. The van der Waals surface area contributed by atoms with E-state index in [2.05, 4.69) is 0 Å². The SMILES string of the molecule is Cl.NCc1csc(F)c1. The lowest BCUT2D eigenvalue weighted by molar-refractivity contribution is 0.656. The molecule has 52 valence electrons. The summed E-state index contributed by atoms with van der Waals surface area (Å²) in [5.41, 5.74) is 6.07. The van der Waals surface area contributed by atoms with Crippen molar-refractivity contribution in [3.05, 3.63) is 22.1 Å². The molecule has 0 aromatic carbocycles. The summed E-state index contributed by atoms with van der Waals surface area (Å²) < 4.78 is 12.1. The maximum Gasteiger partial charge on any atom is 0.176 e. The second-order valence-corrected chi connectivity index (χ2v) is 2.32. The summed E-state index contributed by atoms with van der Waals surface area (Å²) in [6.45, 7) is 0.431. The quantitative estimate of drug-likeness (QED) is 0.678. The lowest BCUT2D eigenvalue weighted by Gasteiger charge is -1.80. The number of nitrogens with two attached hydrogens (primary N) is 1. The number of rotatable bonds is 1. The number of hydrogen-bond donors (Lipinski definition) is 1. The Kier molecular flexibility index (Phi) is 3.77. The van der Waals surface area contributed by atoms with Crippen LogP contribution in [0.1, 0.15) is 5.56 Å². The van der Waals surface area contributed by atoms with Gasteiger partial charge in [-0.1, -0.05) is 0 Å². The fourth-order valence-electron chi connectivity index (χ4n) is 0.453. The Morgan fingerprint density at radius 2 is 2.33 bits per heavy atom. The standard InChI is InChI=1S/C5H6FNS.ClH/c6-5-1-4(2-7)3-8-5;/h1,3H,2,7H2;1H. The zero-order valence-electron chi connectivity index (χ0n) is 4.63. The van der Waals surface area contributed by atoms with Gasteiger partial charge in [0, 0.05) is 6.54 Å². The van der Waals surface area contributed by atoms with E-state index in [0.717, 1.165) is 16.9 Å². The highest BCUT2D eigenvalue weighted by molar-refractivity contribution is 7.08. The van der Waals surface area contributed by atoms with Gasteiger partial charge in [-0.25, -0.2) is 0 Å². The van der Waals surface area contributed by atoms with Crippen molar-refractivity contribution in [1.29, 1.82) is 0 Å². The number of hydrogen-bond acceptors (Lipinski definition) is 2. The predicted octanol–water partition coefficient (Wildman–Crippen LogP) is 1.77. The first-order valence-electron chi connectivity index (χ1n) is 2.26. The molecule has 2 N–H and O–H groups in total. The van der Waals surface area contributed by atoms with Gasteiger partial charge in [0.25, 0.3) is 0 Å². The average molecular weight is 168 g/mol. The number of halogens is 2. The van der Waals surface area contributed by atoms with Crippen molar-refractivity contribution in [2.45, 2.75) is 6.54 Å². The van der Waals surface area contributed by atoms with Crippen molar-refractivity contribution < 1.29 is 4.39 Å². The monoisotopic (exact) mass is 167 g/mol. The number of thiophene rings is 1. The molecule has 0 atom stereocenters. The Labute approximate surface area is 63.1 Å². The van der Waals surface area contributed by atoms with E-state index >= 15 is 0 Å². The highest BCUT2D eigenvalue weighted by Gasteiger charge is 1.93. The van der Waals surface area contributed by atoms with Crippen LogP contribution in [0.4, 0.5) is 4.39 Å². The van der Waals surface area contributed by atoms with Crippen molar-refractivity contribution in [2.75, 3.05) is 0 Å². The largest absolute Gasteiger partial charge is 0.326 e. The molecule has 0 saturated heterocycles. The van der Waals surface area contributed by atoms with E-state index in [1.807, 2.05) is 0 Å². The molecule has 0 radical (unpaired) electrons. The summed E-state index contributed by atoms with van der Waals surface area (Å²) in [4.78, 5) is 0. The summed E-state index contributed by atoms with van der Waals surface area (Å²) in [6, 6.07) is 1.45. The molecule has 0 unspecified atom stereocenters. The van der Waals surface area contributed by atoms with E-state index in [-0.39, 0.29) is 17.5 Å². The molecule has 1 aromatic heterocycles. The van der Waals surface area contributed by atoms with Crippen LogP contribution in [-0.2, 0) is 6.54 Å². The van der Waals surface area contributed by atoms with Crippen molar-refractivity contribution in [1.82, 2.24) is 0 Å². The second kappa shape index (κ2) is 3.82. The molecule has 1 nitrogen and oxygen atoms in total. The van der Waals surface area contributed by atoms with Crippen molar-refractivity contribution >= 4 is 23.7 Å². The molecular formula is C5H7ClFNS. The van der Waals surface area contributed by atoms with Gasteiger partial charge in [0.05, 0.1) is 0 Å². The zero-order chi connectivity index (χ0) is 5.98. The Balaban J connectivity index is 0.000000640. The van der Waals surface area contributed by atoms with Crippen molar-refractivity contribution in [3.8, 4) is 0 Å². The van der Waals surface area contributed by atoms with Gasteiger partial charge in [-0.3, -0.25) is 0 Å². The van der Waals surface area contributed by atoms with Crippen LogP contribution < -0.4 is 5.73 Å². The van der Waals surface area contributed by atoms with Crippen LogP contribution >= 0.6 is 23.7 Å². The maximum atomic E-state index is 12.1. The highest BCUT2D eigenvalue weighted by atomic mass is 35.5. The van der Waals surface area contributed by atoms with Gasteiger partial charge in [0.2, 0.25) is 0 Å². The molecule has 1 aromatic rings. The molecule has 0 spiro atoms. The van der Waals surface area contributed by atoms with Crippen molar-refractivity contribution in [3.63, 3.8) is 0 Å². The van der Waals surface area contributed by atoms with Crippen LogP contribution in [0.5, 0.6) is 0 Å². The van der Waals surface area contributed by atoms with E-state index in [0.29, 0.717) is 6.54 Å². The lowest BCUT2D eigenvalue weighted by Crippen LogP contribution is -1.92. The molecule has 0 saturated carbocycles. The molecule has 0 aliphatic rings. The Morgan fingerprint density at radius 3 is 2.56 bits per heavy atom. The van der Waals surface area contributed by atoms with Gasteiger partial charge in [0.1, 0.15) is 0 Å². The van der Waals surface area contributed by atoms with E-state index in [1.165, 1.54) is 6.07 Å². The maximum absolute atomic E-state index is 12.1. The minimum atomic E-state index is -0.162. The minimum absolute atomic E-state index is 0. The van der Waals surface area contributed by atoms with Crippen LogP contribution in [0, 0.1) is 5.13 Å². The summed E-state index contributed by atoms with van der Waals surface area (Å²) in [6.07, 6.45) is 0. The van der Waals surface area contributed by atoms with Crippen LogP contribution in [0.15, 0.2) is 11.4 Å². The molecule has 4 heteroatoms. The van der Waals surface area contributed by atoms with Crippen molar-refractivity contribution in [2.24, 2.45) is 5.73 Å². The first-order valence-corrected chi connectivity index (χ1v) is 3.14. The summed E-state index contributed by atoms with van der Waals surface area (Å²) in [7, 11) is 0. The van der Waals surface area contributed by atoms with Gasteiger partial charge in [-0.05, 0) is 17.0 Å². The van der Waals surface area contributed by atoms with Gasteiger partial charge in [-0.15, -0.1) is 23.7 Å². The Hall–Kier alpha value is -0.120. The van der Waals surface area contributed by atoms with E-state index in [4.69, 9.17) is 5.73 Å². The molecule has 9 heavy (non-hydrogen) atoms. The van der Waals surface area contributed by atoms with Gasteiger partial charge in [0.15, 0.2) is 5.13 Å².